The molecule has 1 saturated heterocycles. The van der Waals surface area contributed by atoms with Crippen molar-refractivity contribution in [2.75, 3.05) is 18.1 Å². The third-order valence-corrected chi connectivity index (χ3v) is 3.43. The van der Waals surface area contributed by atoms with E-state index in [1.54, 1.807) is 6.26 Å². The Morgan fingerprint density at radius 3 is 3.23 bits per heavy atom. The van der Waals surface area contributed by atoms with E-state index < -0.39 is 0 Å². The van der Waals surface area contributed by atoms with Gasteiger partial charge in [-0.3, -0.25) is 4.79 Å². The summed E-state index contributed by atoms with van der Waals surface area (Å²) >= 11 is 1.90. The average Bonchev–Trinajstić information content (AvgIpc) is 2.74. The lowest BCUT2D eigenvalue weighted by Gasteiger charge is -2.10. The molecule has 2 heterocycles. The lowest BCUT2D eigenvalue weighted by molar-refractivity contribution is -0.118. The normalized spacial score (nSPS) is 26.8. The smallest absolute Gasteiger partial charge is 0.250 e. The summed E-state index contributed by atoms with van der Waals surface area (Å²) in [6.45, 7) is 0.655. The Kier molecular flexibility index (Phi) is 2.78. The Morgan fingerprint density at radius 2 is 2.62 bits per heavy atom. The second kappa shape index (κ2) is 4.05. The van der Waals surface area contributed by atoms with Crippen LogP contribution >= 0.6 is 11.8 Å². The van der Waals surface area contributed by atoms with Gasteiger partial charge < -0.3 is 10.1 Å². The second-order valence-corrected chi connectivity index (χ2v) is 4.45. The lowest BCUT2D eigenvalue weighted by Crippen LogP contribution is -2.35. The van der Waals surface area contributed by atoms with Gasteiger partial charge in [0.2, 0.25) is 0 Å². The van der Waals surface area contributed by atoms with E-state index in [1.807, 2.05) is 11.8 Å². The summed E-state index contributed by atoms with van der Waals surface area (Å²) < 4.78 is 5.01. The van der Waals surface area contributed by atoms with Crippen LogP contribution in [0.1, 0.15) is 12.8 Å². The Balaban J connectivity index is 1.83. The topological polar surface area (TPSA) is 38.3 Å². The van der Waals surface area contributed by atoms with E-state index in [4.69, 9.17) is 4.74 Å². The molecule has 2 aliphatic heterocycles. The molecule has 1 fully saturated rings. The molecule has 1 atom stereocenters. The highest BCUT2D eigenvalue weighted by atomic mass is 32.2. The van der Waals surface area contributed by atoms with E-state index >= 15 is 0 Å². The van der Waals surface area contributed by atoms with Gasteiger partial charge >= 0.3 is 0 Å². The van der Waals surface area contributed by atoms with Crippen molar-refractivity contribution in [1.29, 1.82) is 0 Å². The van der Waals surface area contributed by atoms with E-state index in [0.717, 1.165) is 24.2 Å². The highest BCUT2D eigenvalue weighted by Gasteiger charge is 2.21. The first-order valence-electron chi connectivity index (χ1n) is 4.55. The first-order chi connectivity index (χ1) is 6.36. The van der Waals surface area contributed by atoms with E-state index in [1.165, 1.54) is 5.75 Å². The minimum absolute atomic E-state index is 0.0602. The fourth-order valence-electron chi connectivity index (χ4n) is 1.48. The number of ether oxygens (including phenoxy) is 1. The fourth-order valence-corrected chi connectivity index (χ4v) is 2.63. The molecule has 1 N–H and O–H groups in total. The molecule has 0 aromatic heterocycles. The standard InChI is InChI=1S/C9H13NO2S/c11-9(7-1-3-12-5-7)10-8-2-4-13-6-8/h5,8H,1-4,6H2,(H,10,11). The minimum Gasteiger partial charge on any atom is -0.500 e. The molecule has 2 aliphatic rings. The van der Waals surface area contributed by atoms with Crippen molar-refractivity contribution >= 4 is 17.7 Å². The Hall–Kier alpha value is -0.640. The van der Waals surface area contributed by atoms with Gasteiger partial charge in [-0.05, 0) is 12.2 Å². The number of thioether (sulfide) groups is 1. The van der Waals surface area contributed by atoms with Crippen LogP contribution in [0.5, 0.6) is 0 Å². The fraction of sp³-hybridized carbons (Fsp3) is 0.667. The summed E-state index contributed by atoms with van der Waals surface area (Å²) in [6, 6.07) is 0.374. The molecule has 3 nitrogen and oxygen atoms in total. The molecule has 72 valence electrons. The highest BCUT2D eigenvalue weighted by Crippen LogP contribution is 2.18. The second-order valence-electron chi connectivity index (χ2n) is 3.30. The minimum atomic E-state index is 0.0602. The quantitative estimate of drug-likeness (QED) is 0.718. The summed E-state index contributed by atoms with van der Waals surface area (Å²) in [4.78, 5) is 11.5. The summed E-state index contributed by atoms with van der Waals surface area (Å²) in [7, 11) is 0. The number of carbonyl (C=O) groups excluding carboxylic acids is 1. The van der Waals surface area contributed by atoms with Gasteiger partial charge in [-0.2, -0.15) is 11.8 Å². The molecule has 2 rings (SSSR count). The molecule has 0 spiro atoms. The zero-order valence-electron chi connectivity index (χ0n) is 7.41. The van der Waals surface area contributed by atoms with E-state index in [2.05, 4.69) is 5.32 Å². The highest BCUT2D eigenvalue weighted by molar-refractivity contribution is 7.99. The van der Waals surface area contributed by atoms with E-state index in [-0.39, 0.29) is 5.91 Å². The van der Waals surface area contributed by atoms with Crippen molar-refractivity contribution in [1.82, 2.24) is 5.32 Å². The van der Waals surface area contributed by atoms with Crippen LogP contribution in [-0.2, 0) is 9.53 Å². The SMILES string of the molecule is O=C(NC1CCSC1)C1=COCC1. The first kappa shape index (κ1) is 8.94. The number of carbonyl (C=O) groups is 1. The van der Waals surface area contributed by atoms with Gasteiger partial charge in [0.25, 0.3) is 5.91 Å². The molecule has 1 unspecified atom stereocenters. The van der Waals surface area contributed by atoms with E-state index in [9.17, 15) is 4.79 Å². The van der Waals surface area contributed by atoms with Gasteiger partial charge in [-0.25, -0.2) is 0 Å². The van der Waals surface area contributed by atoms with Crippen LogP contribution in [0.15, 0.2) is 11.8 Å². The van der Waals surface area contributed by atoms with Crippen LogP contribution in [0.4, 0.5) is 0 Å². The van der Waals surface area contributed by atoms with Crippen molar-refractivity contribution < 1.29 is 9.53 Å². The van der Waals surface area contributed by atoms with Crippen LogP contribution in [0.25, 0.3) is 0 Å². The van der Waals surface area contributed by atoms with Crippen LogP contribution in [0, 0.1) is 0 Å². The van der Waals surface area contributed by atoms with Crippen molar-refractivity contribution in [3.63, 3.8) is 0 Å². The van der Waals surface area contributed by atoms with Crippen LogP contribution < -0.4 is 5.32 Å². The van der Waals surface area contributed by atoms with Gasteiger partial charge in [-0.15, -0.1) is 0 Å². The maximum Gasteiger partial charge on any atom is 0.250 e. The third-order valence-electron chi connectivity index (χ3n) is 2.27. The van der Waals surface area contributed by atoms with Gasteiger partial charge in [0.1, 0.15) is 0 Å². The van der Waals surface area contributed by atoms with Crippen molar-refractivity contribution in [2.24, 2.45) is 0 Å². The Labute approximate surface area is 81.9 Å². The molecule has 0 radical (unpaired) electrons. The molecule has 0 bridgehead atoms. The first-order valence-corrected chi connectivity index (χ1v) is 5.71. The molecular formula is C9H13NO2S. The van der Waals surface area contributed by atoms with E-state index in [0.29, 0.717) is 12.6 Å². The summed E-state index contributed by atoms with van der Waals surface area (Å²) in [6.07, 6.45) is 3.44. The molecule has 0 aromatic carbocycles. The zero-order valence-corrected chi connectivity index (χ0v) is 8.23. The number of nitrogens with one attached hydrogen (secondary N) is 1. The Bertz CT molecular complexity index is 234. The molecule has 0 aliphatic carbocycles. The van der Waals surface area contributed by atoms with Crippen LogP contribution in [-0.4, -0.2) is 30.1 Å². The van der Waals surface area contributed by atoms with Gasteiger partial charge in [0, 0.05) is 18.2 Å². The predicted octanol–water partition coefficient (Wildman–Crippen LogP) is 0.912. The number of hydrogen-bond donors (Lipinski definition) is 1. The largest absolute Gasteiger partial charge is 0.500 e. The molecule has 13 heavy (non-hydrogen) atoms. The van der Waals surface area contributed by atoms with Crippen molar-refractivity contribution in [3.8, 4) is 0 Å². The number of amides is 1. The van der Waals surface area contributed by atoms with Crippen molar-refractivity contribution in [3.05, 3.63) is 11.8 Å². The molecule has 4 heteroatoms. The van der Waals surface area contributed by atoms with Crippen molar-refractivity contribution in [2.45, 2.75) is 18.9 Å². The van der Waals surface area contributed by atoms with Gasteiger partial charge in [0.05, 0.1) is 18.4 Å². The maximum absolute atomic E-state index is 11.5. The summed E-state index contributed by atoms with van der Waals surface area (Å²) in [5, 5.41) is 3.01. The lowest BCUT2D eigenvalue weighted by atomic mass is 10.2. The Morgan fingerprint density at radius 1 is 1.69 bits per heavy atom. The molecule has 0 saturated carbocycles. The van der Waals surface area contributed by atoms with Crippen LogP contribution in [0.3, 0.4) is 0 Å². The van der Waals surface area contributed by atoms with Gasteiger partial charge in [0.15, 0.2) is 0 Å². The van der Waals surface area contributed by atoms with Crippen LogP contribution in [0.2, 0.25) is 0 Å². The molecule has 1 amide bonds. The average molecular weight is 199 g/mol. The predicted molar refractivity (Wildman–Crippen MR) is 52.5 cm³/mol. The monoisotopic (exact) mass is 199 g/mol. The third kappa shape index (κ3) is 2.18. The van der Waals surface area contributed by atoms with Gasteiger partial charge in [-0.1, -0.05) is 0 Å². The number of rotatable bonds is 2. The number of hydrogen-bond acceptors (Lipinski definition) is 3. The maximum atomic E-state index is 11.5. The molecule has 0 aromatic rings. The zero-order chi connectivity index (χ0) is 9.10. The summed E-state index contributed by atoms with van der Waals surface area (Å²) in [5.41, 5.74) is 0.789. The summed E-state index contributed by atoms with van der Waals surface area (Å²) in [5.74, 6) is 2.28. The molecular weight excluding hydrogens is 186 g/mol.